The Morgan fingerprint density at radius 1 is 1.10 bits per heavy atom. The maximum absolute atomic E-state index is 12.6. The normalized spacial score (nSPS) is 20.3. The molecule has 0 N–H and O–H groups in total. The number of hydrogen-bond donors (Lipinski definition) is 0. The second-order valence-corrected chi connectivity index (χ2v) is 9.12. The summed E-state index contributed by atoms with van der Waals surface area (Å²) in [6.45, 7) is 0.680. The van der Waals surface area contributed by atoms with Crippen molar-refractivity contribution in [2.75, 3.05) is 26.5 Å². The van der Waals surface area contributed by atoms with Crippen LogP contribution < -0.4 is 4.74 Å². The van der Waals surface area contributed by atoms with Crippen LogP contribution in [0.5, 0.6) is 5.75 Å². The van der Waals surface area contributed by atoms with Crippen molar-refractivity contribution in [1.29, 1.82) is 0 Å². The molecule has 0 spiro atoms. The van der Waals surface area contributed by atoms with Gasteiger partial charge < -0.3 is 9.64 Å². The molecule has 0 aromatic heterocycles. The molecule has 0 bridgehead atoms. The fourth-order valence-corrected chi connectivity index (χ4v) is 3.70. The molecule has 1 saturated carbocycles. The highest BCUT2D eigenvalue weighted by Crippen LogP contribution is 2.32. The number of benzene rings is 1. The zero-order valence-corrected chi connectivity index (χ0v) is 17.3. The second kappa shape index (κ2) is 9.80. The molecule has 1 aliphatic rings. The highest BCUT2D eigenvalue weighted by molar-refractivity contribution is 7.85. The Morgan fingerprint density at radius 3 is 2.17 bits per heavy atom. The molecule has 2 rings (SSSR count). The van der Waals surface area contributed by atoms with E-state index < -0.39 is 28.0 Å². The van der Waals surface area contributed by atoms with Crippen LogP contribution in [0.1, 0.15) is 37.7 Å². The molecule has 0 unspecified atom stereocenters. The van der Waals surface area contributed by atoms with Crippen LogP contribution in [0.25, 0.3) is 0 Å². The SMILES string of the molecule is CN(CCC1CCC(COS(C)(=O)=O)CC1)C(=O)Oc1ccc(C(F)(F)F)cc1. The Labute approximate surface area is 169 Å². The molecule has 0 aliphatic heterocycles. The Bertz CT molecular complexity index is 772. The fourth-order valence-electron chi connectivity index (χ4n) is 3.26. The average Bonchev–Trinajstić information content (AvgIpc) is 2.64. The van der Waals surface area contributed by atoms with Gasteiger partial charge in [-0.1, -0.05) is 12.8 Å². The molecule has 1 aliphatic carbocycles. The van der Waals surface area contributed by atoms with Crippen LogP contribution in [0.3, 0.4) is 0 Å². The summed E-state index contributed by atoms with van der Waals surface area (Å²) in [5, 5.41) is 0. The summed E-state index contributed by atoms with van der Waals surface area (Å²) in [6.07, 6.45) is 0.366. The van der Waals surface area contributed by atoms with Gasteiger partial charge in [0.25, 0.3) is 10.1 Å². The lowest BCUT2D eigenvalue weighted by molar-refractivity contribution is -0.137. The van der Waals surface area contributed by atoms with Gasteiger partial charge in [0, 0.05) is 13.6 Å². The van der Waals surface area contributed by atoms with Gasteiger partial charge in [-0.15, -0.1) is 0 Å². The van der Waals surface area contributed by atoms with E-state index in [-0.39, 0.29) is 18.3 Å². The van der Waals surface area contributed by atoms with Crippen LogP contribution in [0.2, 0.25) is 0 Å². The van der Waals surface area contributed by atoms with E-state index in [4.69, 9.17) is 8.92 Å². The minimum atomic E-state index is -4.44. The third-order valence-corrected chi connectivity index (χ3v) is 5.62. The van der Waals surface area contributed by atoms with Gasteiger partial charge >= 0.3 is 12.3 Å². The molecule has 6 nitrogen and oxygen atoms in total. The van der Waals surface area contributed by atoms with Crippen LogP contribution in [-0.2, 0) is 20.5 Å². The average molecular weight is 437 g/mol. The van der Waals surface area contributed by atoms with Crippen LogP contribution >= 0.6 is 0 Å². The summed E-state index contributed by atoms with van der Waals surface area (Å²) < 4.78 is 69.7. The Balaban J connectivity index is 1.71. The van der Waals surface area contributed by atoms with Crippen molar-refractivity contribution >= 4 is 16.2 Å². The van der Waals surface area contributed by atoms with E-state index >= 15 is 0 Å². The van der Waals surface area contributed by atoms with E-state index in [1.54, 1.807) is 7.05 Å². The minimum Gasteiger partial charge on any atom is -0.410 e. The van der Waals surface area contributed by atoms with E-state index in [1.807, 2.05) is 0 Å². The summed E-state index contributed by atoms with van der Waals surface area (Å²) in [5.41, 5.74) is -0.803. The predicted molar refractivity (Wildman–Crippen MR) is 101 cm³/mol. The number of nitrogens with zero attached hydrogens (tertiary/aromatic N) is 1. The van der Waals surface area contributed by atoms with Crippen LogP contribution in [0, 0.1) is 11.8 Å². The summed E-state index contributed by atoms with van der Waals surface area (Å²) in [4.78, 5) is 13.5. The second-order valence-electron chi connectivity index (χ2n) is 7.48. The molecule has 10 heteroatoms. The van der Waals surface area contributed by atoms with Gasteiger partial charge in [-0.25, -0.2) is 4.79 Å². The van der Waals surface area contributed by atoms with Crippen LogP contribution in [0.15, 0.2) is 24.3 Å². The number of hydrogen-bond acceptors (Lipinski definition) is 5. The summed E-state index contributed by atoms with van der Waals surface area (Å²) in [7, 11) is -1.84. The third-order valence-electron chi connectivity index (χ3n) is 5.06. The van der Waals surface area contributed by atoms with Gasteiger partial charge in [-0.2, -0.15) is 21.6 Å². The van der Waals surface area contributed by atoms with Crippen LogP contribution in [0.4, 0.5) is 18.0 Å². The first-order valence-corrected chi connectivity index (χ1v) is 11.2. The van der Waals surface area contributed by atoms with Crippen molar-refractivity contribution in [3.8, 4) is 5.75 Å². The minimum absolute atomic E-state index is 0.0567. The molecule has 164 valence electrons. The Morgan fingerprint density at radius 2 is 1.66 bits per heavy atom. The van der Waals surface area contributed by atoms with Gasteiger partial charge in [-0.05, 0) is 55.4 Å². The highest BCUT2D eigenvalue weighted by Gasteiger charge is 2.30. The maximum Gasteiger partial charge on any atom is 0.416 e. The maximum atomic E-state index is 12.6. The topological polar surface area (TPSA) is 72.9 Å². The van der Waals surface area contributed by atoms with Crippen molar-refractivity contribution in [2.24, 2.45) is 11.8 Å². The Hall–Kier alpha value is -1.81. The van der Waals surface area contributed by atoms with Crippen molar-refractivity contribution in [1.82, 2.24) is 4.90 Å². The van der Waals surface area contributed by atoms with Gasteiger partial charge in [0.2, 0.25) is 0 Å². The molecule has 1 aromatic carbocycles. The lowest BCUT2D eigenvalue weighted by atomic mass is 9.81. The lowest BCUT2D eigenvalue weighted by Gasteiger charge is -2.29. The van der Waals surface area contributed by atoms with Crippen molar-refractivity contribution < 1.29 is 35.3 Å². The number of amides is 1. The Kier molecular flexibility index (Phi) is 7.93. The monoisotopic (exact) mass is 437 g/mol. The first-order valence-electron chi connectivity index (χ1n) is 9.38. The van der Waals surface area contributed by atoms with Crippen molar-refractivity contribution in [3.05, 3.63) is 29.8 Å². The van der Waals surface area contributed by atoms with Gasteiger partial charge in [-0.3, -0.25) is 4.18 Å². The first kappa shape index (κ1) is 23.5. The van der Waals surface area contributed by atoms with Crippen molar-refractivity contribution in [3.63, 3.8) is 0 Å². The fraction of sp³-hybridized carbons (Fsp3) is 0.632. The third kappa shape index (κ3) is 8.22. The molecule has 1 amide bonds. The molecular formula is C19H26F3NO5S. The molecule has 0 saturated heterocycles. The zero-order valence-electron chi connectivity index (χ0n) is 16.4. The van der Waals surface area contributed by atoms with Gasteiger partial charge in [0.1, 0.15) is 5.75 Å². The lowest BCUT2D eigenvalue weighted by Crippen LogP contribution is -2.32. The summed E-state index contributed by atoms with van der Waals surface area (Å²) in [5.74, 6) is 0.704. The first-order chi connectivity index (χ1) is 13.4. The van der Waals surface area contributed by atoms with E-state index in [2.05, 4.69) is 0 Å². The van der Waals surface area contributed by atoms with E-state index in [9.17, 15) is 26.4 Å². The predicted octanol–water partition coefficient (Wildman–Crippen LogP) is 4.31. The van der Waals surface area contributed by atoms with Crippen LogP contribution in [-0.4, -0.2) is 45.9 Å². The van der Waals surface area contributed by atoms with Crippen molar-refractivity contribution in [2.45, 2.75) is 38.3 Å². The number of ether oxygens (including phenoxy) is 1. The number of carbonyl (C=O) groups excluding carboxylic acids is 1. The van der Waals surface area contributed by atoms with E-state index in [1.165, 1.54) is 4.90 Å². The van der Waals surface area contributed by atoms with Gasteiger partial charge in [0.05, 0.1) is 18.4 Å². The molecule has 29 heavy (non-hydrogen) atoms. The number of alkyl halides is 3. The zero-order chi connectivity index (χ0) is 21.7. The van der Waals surface area contributed by atoms with E-state index in [0.29, 0.717) is 12.5 Å². The van der Waals surface area contributed by atoms with Gasteiger partial charge in [0.15, 0.2) is 0 Å². The smallest absolute Gasteiger partial charge is 0.410 e. The summed E-state index contributed by atoms with van der Waals surface area (Å²) in [6, 6.07) is 3.98. The molecule has 0 heterocycles. The molecule has 0 atom stereocenters. The number of carbonyl (C=O) groups is 1. The highest BCUT2D eigenvalue weighted by atomic mass is 32.2. The molecule has 0 radical (unpaired) electrons. The molecular weight excluding hydrogens is 411 g/mol. The standard InChI is InChI=1S/C19H26F3NO5S/c1-23(18(24)28-17-9-7-16(8-10-17)19(20,21)22)12-11-14-3-5-15(6-4-14)13-27-29(2,25)26/h7-10,14-15H,3-6,11-13H2,1-2H3. The van der Waals surface area contributed by atoms with E-state index in [0.717, 1.165) is 62.6 Å². The number of halogens is 3. The summed E-state index contributed by atoms with van der Waals surface area (Å²) >= 11 is 0. The molecule has 1 aromatic rings. The number of rotatable bonds is 7. The quantitative estimate of drug-likeness (QED) is 0.595. The largest absolute Gasteiger partial charge is 0.416 e. The molecule has 1 fully saturated rings.